The Hall–Kier alpha value is -2.05. The molecule has 3 N–H and O–H groups in total. The summed E-state index contributed by atoms with van der Waals surface area (Å²) >= 11 is 0. The second-order valence-corrected chi connectivity index (χ2v) is 7.58. The van der Waals surface area contributed by atoms with Crippen molar-refractivity contribution in [2.75, 3.05) is 17.7 Å². The van der Waals surface area contributed by atoms with Crippen molar-refractivity contribution in [1.29, 1.82) is 0 Å². The number of hydrogen-bond donors (Lipinski definition) is 3. The van der Waals surface area contributed by atoms with Crippen molar-refractivity contribution < 1.29 is 4.79 Å². The predicted molar refractivity (Wildman–Crippen MR) is 95.5 cm³/mol. The molecule has 7 heteroatoms. The highest BCUT2D eigenvalue weighted by molar-refractivity contribution is 5.94. The molecule has 1 aromatic rings. The van der Waals surface area contributed by atoms with Crippen LogP contribution in [-0.4, -0.2) is 22.5 Å². The number of aromatic nitrogens is 2. The maximum Gasteiger partial charge on any atom is 0.330 e. The van der Waals surface area contributed by atoms with Crippen molar-refractivity contribution >= 4 is 17.4 Å². The van der Waals surface area contributed by atoms with E-state index in [0.717, 1.165) is 19.3 Å². The molecular formula is C17H28N4O3. The van der Waals surface area contributed by atoms with Crippen LogP contribution in [0.25, 0.3) is 0 Å². The second-order valence-electron chi connectivity index (χ2n) is 7.58. The zero-order valence-corrected chi connectivity index (χ0v) is 15.2. The lowest BCUT2D eigenvalue weighted by molar-refractivity contribution is -0.122. The van der Waals surface area contributed by atoms with E-state index in [1.807, 2.05) is 0 Å². The third kappa shape index (κ3) is 3.71. The van der Waals surface area contributed by atoms with Crippen molar-refractivity contribution in [3.8, 4) is 0 Å². The standard InChI is InChI=1S/C17H28N4O3/c1-6-21-13(12(18-5)15(23)20-16(21)24)19-14(22)11-7-10(2)8-17(3,4)9-11/h10-11,18H,6-9H2,1-5H3,(H,19,22)(H,20,23,24)/t10-,11+/m1/s1. The topological polar surface area (TPSA) is 96.0 Å². The second kappa shape index (κ2) is 6.83. The molecule has 134 valence electrons. The number of carbonyl (C=O) groups is 1. The Labute approximate surface area is 141 Å². The number of nitrogens with one attached hydrogen (secondary N) is 3. The molecule has 1 saturated carbocycles. The summed E-state index contributed by atoms with van der Waals surface area (Å²) in [5, 5.41) is 5.61. The highest BCUT2D eigenvalue weighted by atomic mass is 16.2. The van der Waals surface area contributed by atoms with E-state index >= 15 is 0 Å². The summed E-state index contributed by atoms with van der Waals surface area (Å²) in [6.45, 7) is 8.66. The molecule has 1 fully saturated rings. The average Bonchev–Trinajstić information content (AvgIpc) is 2.45. The van der Waals surface area contributed by atoms with Gasteiger partial charge in [-0.3, -0.25) is 19.1 Å². The molecule has 7 nitrogen and oxygen atoms in total. The molecular weight excluding hydrogens is 308 g/mol. The molecule has 1 amide bonds. The largest absolute Gasteiger partial charge is 0.381 e. The molecule has 0 radical (unpaired) electrons. The molecule has 0 saturated heterocycles. The highest BCUT2D eigenvalue weighted by Crippen LogP contribution is 2.42. The Kier molecular flexibility index (Phi) is 5.20. The predicted octanol–water partition coefficient (Wildman–Crippen LogP) is 2.00. The van der Waals surface area contributed by atoms with Crippen LogP contribution >= 0.6 is 0 Å². The number of aromatic amines is 1. The van der Waals surface area contributed by atoms with Gasteiger partial charge in [0.15, 0.2) is 0 Å². The van der Waals surface area contributed by atoms with Crippen molar-refractivity contribution in [3.05, 3.63) is 20.8 Å². The van der Waals surface area contributed by atoms with Gasteiger partial charge in [0, 0.05) is 19.5 Å². The van der Waals surface area contributed by atoms with E-state index < -0.39 is 11.2 Å². The van der Waals surface area contributed by atoms with Gasteiger partial charge in [-0.25, -0.2) is 4.79 Å². The molecule has 24 heavy (non-hydrogen) atoms. The first kappa shape index (κ1) is 18.3. The first-order chi connectivity index (χ1) is 11.2. The molecule has 0 unspecified atom stereocenters. The van der Waals surface area contributed by atoms with Gasteiger partial charge >= 0.3 is 5.69 Å². The van der Waals surface area contributed by atoms with Gasteiger partial charge in [-0.05, 0) is 37.5 Å². The summed E-state index contributed by atoms with van der Waals surface area (Å²) in [4.78, 5) is 39.0. The number of amides is 1. The van der Waals surface area contributed by atoms with Crippen molar-refractivity contribution in [1.82, 2.24) is 9.55 Å². The minimum Gasteiger partial charge on any atom is -0.381 e. The lowest BCUT2D eigenvalue weighted by Gasteiger charge is -2.38. The Balaban J connectivity index is 2.35. The van der Waals surface area contributed by atoms with Crippen LogP contribution in [0.5, 0.6) is 0 Å². The van der Waals surface area contributed by atoms with Crippen LogP contribution in [0.3, 0.4) is 0 Å². The summed E-state index contributed by atoms with van der Waals surface area (Å²) in [6, 6.07) is 0. The fourth-order valence-corrected chi connectivity index (χ4v) is 4.00. The Morgan fingerprint density at radius 3 is 2.54 bits per heavy atom. The summed E-state index contributed by atoms with van der Waals surface area (Å²) in [5.41, 5.74) is -0.730. The average molecular weight is 336 g/mol. The highest BCUT2D eigenvalue weighted by Gasteiger charge is 2.36. The normalized spacial score (nSPS) is 22.9. The maximum absolute atomic E-state index is 12.8. The zero-order chi connectivity index (χ0) is 18.1. The number of hydrogen-bond acceptors (Lipinski definition) is 4. The van der Waals surface area contributed by atoms with Crippen LogP contribution in [0.2, 0.25) is 0 Å². The van der Waals surface area contributed by atoms with Gasteiger partial charge in [0.1, 0.15) is 11.5 Å². The van der Waals surface area contributed by atoms with Gasteiger partial charge in [0.05, 0.1) is 0 Å². The fourth-order valence-electron chi connectivity index (χ4n) is 4.00. The molecule has 2 rings (SSSR count). The minimum atomic E-state index is -0.528. The van der Waals surface area contributed by atoms with Crippen LogP contribution in [0.15, 0.2) is 9.59 Å². The summed E-state index contributed by atoms with van der Waals surface area (Å²) in [7, 11) is 1.59. The number of carbonyl (C=O) groups excluding carboxylic acids is 1. The van der Waals surface area contributed by atoms with E-state index in [4.69, 9.17) is 0 Å². The molecule has 0 aromatic carbocycles. The van der Waals surface area contributed by atoms with Gasteiger partial charge in [0.25, 0.3) is 5.56 Å². The van der Waals surface area contributed by atoms with Gasteiger partial charge in [-0.15, -0.1) is 0 Å². The monoisotopic (exact) mass is 336 g/mol. The fraction of sp³-hybridized carbons (Fsp3) is 0.706. The molecule has 0 spiro atoms. The van der Waals surface area contributed by atoms with Crippen LogP contribution in [0, 0.1) is 17.3 Å². The van der Waals surface area contributed by atoms with E-state index in [0.29, 0.717) is 12.5 Å². The molecule has 1 aliphatic carbocycles. The lowest BCUT2D eigenvalue weighted by Crippen LogP contribution is -2.38. The number of anilines is 2. The van der Waals surface area contributed by atoms with Gasteiger partial charge < -0.3 is 10.6 Å². The summed E-state index contributed by atoms with van der Waals surface area (Å²) in [5.74, 6) is 0.474. The number of H-pyrrole nitrogens is 1. The van der Waals surface area contributed by atoms with Gasteiger partial charge in [-0.2, -0.15) is 0 Å². The first-order valence-corrected chi connectivity index (χ1v) is 8.54. The third-order valence-corrected chi connectivity index (χ3v) is 4.76. The van der Waals surface area contributed by atoms with Crippen molar-refractivity contribution in [2.24, 2.45) is 17.3 Å². The van der Waals surface area contributed by atoms with E-state index in [1.165, 1.54) is 4.57 Å². The van der Waals surface area contributed by atoms with Crippen LogP contribution < -0.4 is 21.9 Å². The van der Waals surface area contributed by atoms with E-state index in [9.17, 15) is 14.4 Å². The summed E-state index contributed by atoms with van der Waals surface area (Å²) in [6.07, 6.45) is 2.73. The maximum atomic E-state index is 12.8. The van der Waals surface area contributed by atoms with Crippen LogP contribution in [0.1, 0.15) is 47.0 Å². The molecule has 1 aromatic heterocycles. The van der Waals surface area contributed by atoms with Gasteiger partial charge in [-0.1, -0.05) is 20.8 Å². The number of nitrogens with zero attached hydrogens (tertiary/aromatic N) is 1. The summed E-state index contributed by atoms with van der Waals surface area (Å²) < 4.78 is 1.36. The number of rotatable bonds is 4. The van der Waals surface area contributed by atoms with Crippen molar-refractivity contribution in [2.45, 2.75) is 53.5 Å². The third-order valence-electron chi connectivity index (χ3n) is 4.76. The van der Waals surface area contributed by atoms with Gasteiger partial charge in [0.2, 0.25) is 5.91 Å². The van der Waals surface area contributed by atoms with Crippen LogP contribution in [0.4, 0.5) is 11.5 Å². The first-order valence-electron chi connectivity index (χ1n) is 8.54. The Morgan fingerprint density at radius 2 is 2.00 bits per heavy atom. The van der Waals surface area contributed by atoms with Crippen molar-refractivity contribution in [3.63, 3.8) is 0 Å². The molecule has 1 heterocycles. The smallest absolute Gasteiger partial charge is 0.330 e. The van der Waals surface area contributed by atoms with E-state index in [1.54, 1.807) is 14.0 Å². The zero-order valence-electron chi connectivity index (χ0n) is 15.2. The molecule has 1 aliphatic rings. The lowest BCUT2D eigenvalue weighted by atomic mass is 9.68. The quantitative estimate of drug-likeness (QED) is 0.783. The minimum absolute atomic E-state index is 0.115. The van der Waals surface area contributed by atoms with E-state index in [2.05, 4.69) is 36.4 Å². The molecule has 0 aliphatic heterocycles. The Bertz CT molecular complexity index is 696. The van der Waals surface area contributed by atoms with Crippen LogP contribution in [-0.2, 0) is 11.3 Å². The van der Waals surface area contributed by atoms with E-state index in [-0.39, 0.29) is 28.7 Å². The SMILES string of the molecule is CCn1c(NC(=O)[C@H]2C[C@@H](C)CC(C)(C)C2)c(NC)c(=O)[nH]c1=O. The molecule has 0 bridgehead atoms. The Morgan fingerprint density at radius 1 is 1.33 bits per heavy atom. The molecule has 2 atom stereocenters.